The second-order valence-electron chi connectivity index (χ2n) is 6.69. The van der Waals surface area contributed by atoms with Crippen molar-refractivity contribution in [2.75, 3.05) is 0 Å². The Morgan fingerprint density at radius 1 is 0.903 bits per heavy atom. The summed E-state index contributed by atoms with van der Waals surface area (Å²) in [4.78, 5) is 28.5. The zero-order valence-electron chi connectivity index (χ0n) is 17.0. The Kier molecular flexibility index (Phi) is 7.16. The number of halogens is 1. The number of carbonyl (C=O) groups is 2. The number of rotatable bonds is 7. The van der Waals surface area contributed by atoms with Crippen LogP contribution in [0, 0.1) is 5.82 Å². The van der Waals surface area contributed by atoms with Gasteiger partial charge in [0.15, 0.2) is 17.7 Å². The van der Waals surface area contributed by atoms with Crippen LogP contribution in [0.25, 0.3) is 0 Å². The molecular weight excluding hydrogens is 401 g/mol. The van der Waals surface area contributed by atoms with Gasteiger partial charge < -0.3 is 9.47 Å². The van der Waals surface area contributed by atoms with Gasteiger partial charge in [-0.2, -0.15) is 0 Å². The third-order valence-corrected chi connectivity index (χ3v) is 4.37. The van der Waals surface area contributed by atoms with Crippen LogP contribution in [-0.4, -0.2) is 22.9 Å². The molecule has 7 nitrogen and oxygen atoms in total. The van der Waals surface area contributed by atoms with Gasteiger partial charge in [0, 0.05) is 12.3 Å². The molecule has 2 amide bonds. The number of amides is 2. The van der Waals surface area contributed by atoms with Gasteiger partial charge in [0.25, 0.3) is 11.8 Å². The van der Waals surface area contributed by atoms with Crippen LogP contribution in [0.15, 0.2) is 72.9 Å². The molecule has 0 radical (unpaired) electrons. The van der Waals surface area contributed by atoms with E-state index in [1.807, 2.05) is 37.3 Å². The van der Waals surface area contributed by atoms with Gasteiger partial charge in [-0.3, -0.25) is 20.4 Å². The lowest BCUT2D eigenvalue weighted by Gasteiger charge is -2.16. The second-order valence-corrected chi connectivity index (χ2v) is 6.69. The van der Waals surface area contributed by atoms with Crippen molar-refractivity contribution >= 4 is 11.8 Å². The normalized spacial score (nSPS) is 12.4. The topological polar surface area (TPSA) is 89.6 Å². The molecule has 0 saturated heterocycles. The molecule has 0 bridgehead atoms. The van der Waals surface area contributed by atoms with Crippen LogP contribution >= 0.6 is 0 Å². The quantitative estimate of drug-likeness (QED) is 0.567. The minimum atomic E-state index is -1.02. The molecule has 0 unspecified atom stereocenters. The van der Waals surface area contributed by atoms with Crippen molar-refractivity contribution < 1.29 is 23.5 Å². The molecule has 0 aliphatic heterocycles. The molecule has 3 aromatic rings. The Hall–Kier alpha value is -3.94. The lowest BCUT2D eigenvalue weighted by Crippen LogP contribution is -2.47. The van der Waals surface area contributed by atoms with Crippen LogP contribution in [0.3, 0.4) is 0 Å². The van der Waals surface area contributed by atoms with Crippen molar-refractivity contribution in [1.82, 2.24) is 15.8 Å². The number of hydrazine groups is 1. The summed E-state index contributed by atoms with van der Waals surface area (Å²) in [7, 11) is 0. The Labute approximate surface area is 179 Å². The Balaban J connectivity index is 1.50. The maximum atomic E-state index is 13.6. The third kappa shape index (κ3) is 6.02. The molecule has 8 heteroatoms. The zero-order valence-corrected chi connectivity index (χ0v) is 17.0. The SMILES string of the molecule is C[C@H](Oc1ccccc1F)C(=O)NNC(=O)c1ccc(O[C@H](C)c2ccccc2)nc1. The van der Waals surface area contributed by atoms with Gasteiger partial charge in [0.2, 0.25) is 5.88 Å². The highest BCUT2D eigenvalue weighted by molar-refractivity contribution is 5.95. The van der Waals surface area contributed by atoms with Gasteiger partial charge in [0.1, 0.15) is 6.10 Å². The number of benzene rings is 2. The molecule has 2 aromatic carbocycles. The molecule has 0 aliphatic rings. The van der Waals surface area contributed by atoms with Gasteiger partial charge in [0.05, 0.1) is 5.56 Å². The molecule has 0 fully saturated rings. The van der Waals surface area contributed by atoms with E-state index in [0.29, 0.717) is 5.88 Å². The minimum absolute atomic E-state index is 0.0546. The number of nitrogens with one attached hydrogen (secondary N) is 2. The number of hydrogen-bond donors (Lipinski definition) is 2. The molecule has 31 heavy (non-hydrogen) atoms. The van der Waals surface area contributed by atoms with Crippen molar-refractivity contribution in [2.45, 2.75) is 26.1 Å². The van der Waals surface area contributed by atoms with Gasteiger partial charge in [-0.05, 0) is 37.6 Å². The van der Waals surface area contributed by atoms with Crippen LogP contribution in [0.1, 0.15) is 35.9 Å². The highest BCUT2D eigenvalue weighted by Gasteiger charge is 2.17. The smallest absolute Gasteiger partial charge is 0.279 e. The monoisotopic (exact) mass is 423 g/mol. The predicted octanol–water partition coefficient (Wildman–Crippen LogP) is 3.59. The summed E-state index contributed by atoms with van der Waals surface area (Å²) < 4.78 is 24.7. The van der Waals surface area contributed by atoms with E-state index in [0.717, 1.165) is 5.56 Å². The van der Waals surface area contributed by atoms with Crippen molar-refractivity contribution in [1.29, 1.82) is 0 Å². The largest absolute Gasteiger partial charge is 0.478 e. The number of hydrogen-bond acceptors (Lipinski definition) is 5. The predicted molar refractivity (Wildman–Crippen MR) is 112 cm³/mol. The summed E-state index contributed by atoms with van der Waals surface area (Å²) in [6, 6.07) is 18.5. The average molecular weight is 423 g/mol. The summed E-state index contributed by atoms with van der Waals surface area (Å²) in [6.07, 6.45) is 0.113. The highest BCUT2D eigenvalue weighted by Crippen LogP contribution is 2.20. The van der Waals surface area contributed by atoms with Gasteiger partial charge >= 0.3 is 0 Å². The summed E-state index contributed by atoms with van der Waals surface area (Å²) in [6.45, 7) is 3.34. The maximum Gasteiger partial charge on any atom is 0.279 e. The van der Waals surface area contributed by atoms with E-state index >= 15 is 0 Å². The molecule has 3 rings (SSSR count). The van der Waals surface area contributed by atoms with Crippen molar-refractivity contribution in [3.8, 4) is 11.6 Å². The number of aromatic nitrogens is 1. The van der Waals surface area contributed by atoms with Crippen LogP contribution in [0.4, 0.5) is 4.39 Å². The van der Waals surface area contributed by atoms with E-state index in [9.17, 15) is 14.0 Å². The number of nitrogens with zero attached hydrogens (tertiary/aromatic N) is 1. The van der Waals surface area contributed by atoms with Gasteiger partial charge in [-0.25, -0.2) is 9.37 Å². The van der Waals surface area contributed by atoms with Crippen LogP contribution in [0.5, 0.6) is 11.6 Å². The van der Waals surface area contributed by atoms with Crippen molar-refractivity contribution in [3.63, 3.8) is 0 Å². The summed E-state index contributed by atoms with van der Waals surface area (Å²) in [5.74, 6) is -1.48. The van der Waals surface area contributed by atoms with Crippen LogP contribution in [0.2, 0.25) is 0 Å². The van der Waals surface area contributed by atoms with E-state index in [1.165, 1.54) is 37.4 Å². The molecule has 160 valence electrons. The molecule has 0 aliphatic carbocycles. The number of ether oxygens (including phenoxy) is 2. The van der Waals surface area contributed by atoms with E-state index in [4.69, 9.17) is 9.47 Å². The fraction of sp³-hybridized carbons (Fsp3) is 0.174. The van der Waals surface area contributed by atoms with Gasteiger partial charge in [-0.15, -0.1) is 0 Å². The van der Waals surface area contributed by atoms with E-state index in [2.05, 4.69) is 15.8 Å². The van der Waals surface area contributed by atoms with Gasteiger partial charge in [-0.1, -0.05) is 42.5 Å². The maximum absolute atomic E-state index is 13.6. The Bertz CT molecular complexity index is 1030. The molecule has 0 saturated carbocycles. The van der Waals surface area contributed by atoms with Crippen LogP contribution in [-0.2, 0) is 4.79 Å². The molecule has 1 heterocycles. The number of carbonyl (C=O) groups excluding carboxylic acids is 2. The highest BCUT2D eigenvalue weighted by atomic mass is 19.1. The molecule has 0 spiro atoms. The lowest BCUT2D eigenvalue weighted by atomic mass is 10.1. The molecule has 1 aromatic heterocycles. The molecule has 2 N–H and O–H groups in total. The lowest BCUT2D eigenvalue weighted by molar-refractivity contribution is -0.128. The van der Waals surface area contributed by atoms with Crippen molar-refractivity contribution in [3.05, 3.63) is 89.9 Å². The van der Waals surface area contributed by atoms with E-state index < -0.39 is 23.7 Å². The van der Waals surface area contributed by atoms with E-state index in [1.54, 1.807) is 12.1 Å². The average Bonchev–Trinajstić information content (AvgIpc) is 2.79. The standard InChI is InChI=1S/C23H22FN3O4/c1-15(17-8-4-3-5-9-17)31-21-13-12-18(14-25-21)23(29)27-26-22(28)16(2)30-20-11-7-6-10-19(20)24/h3-16H,1-2H3,(H,26,28)(H,27,29)/t15-,16+/m1/s1. The van der Waals surface area contributed by atoms with Crippen LogP contribution < -0.4 is 20.3 Å². The first-order valence-corrected chi connectivity index (χ1v) is 9.63. The number of para-hydroxylation sites is 1. The minimum Gasteiger partial charge on any atom is -0.478 e. The zero-order chi connectivity index (χ0) is 22.2. The summed E-state index contributed by atoms with van der Waals surface area (Å²) >= 11 is 0. The summed E-state index contributed by atoms with van der Waals surface area (Å²) in [5, 5.41) is 0. The molecular formula is C23H22FN3O4. The molecule has 2 atom stereocenters. The van der Waals surface area contributed by atoms with E-state index in [-0.39, 0.29) is 17.4 Å². The van der Waals surface area contributed by atoms with Crippen molar-refractivity contribution in [2.24, 2.45) is 0 Å². The first kappa shape index (κ1) is 21.8. The fourth-order valence-electron chi connectivity index (χ4n) is 2.63. The first-order valence-electron chi connectivity index (χ1n) is 9.63. The Morgan fingerprint density at radius 2 is 1.61 bits per heavy atom. The third-order valence-electron chi connectivity index (χ3n) is 4.37. The second kappa shape index (κ2) is 10.2. The number of pyridine rings is 1. The first-order chi connectivity index (χ1) is 14.9. The summed E-state index contributed by atoms with van der Waals surface area (Å²) in [5.41, 5.74) is 5.74. The Morgan fingerprint density at radius 3 is 2.29 bits per heavy atom. The fourth-order valence-corrected chi connectivity index (χ4v) is 2.63.